The molecule has 2 aromatic carbocycles. The summed E-state index contributed by atoms with van der Waals surface area (Å²) in [7, 11) is 0. The average molecular weight is 482 g/mol. The van der Waals surface area contributed by atoms with E-state index in [4.69, 9.17) is 0 Å². The van der Waals surface area contributed by atoms with Gasteiger partial charge in [-0.3, -0.25) is 4.39 Å². The molecule has 0 heterocycles. The van der Waals surface area contributed by atoms with E-state index in [0.717, 1.165) is 36.6 Å². The van der Waals surface area contributed by atoms with E-state index >= 15 is 0 Å². The minimum Gasteiger partial charge on any atom is -0.478 e. The number of alkyl halides is 4. The van der Waals surface area contributed by atoms with Gasteiger partial charge in [0.1, 0.15) is 5.82 Å². The van der Waals surface area contributed by atoms with Gasteiger partial charge in [-0.1, -0.05) is 51.2 Å². The lowest BCUT2D eigenvalue weighted by atomic mass is 9.80. The fraction of sp³-hybridized carbons (Fsp3) is 0.500. The van der Waals surface area contributed by atoms with Crippen molar-refractivity contribution < 1.29 is 40.9 Å². The van der Waals surface area contributed by atoms with Gasteiger partial charge in [0, 0.05) is 0 Å². The number of rotatable bonds is 6. The van der Waals surface area contributed by atoms with E-state index in [1.165, 1.54) is 44.2 Å². The van der Waals surface area contributed by atoms with Crippen LogP contribution in [0.25, 0.3) is 11.1 Å². The number of hydrogen-bond donors (Lipinski definition) is 0. The van der Waals surface area contributed by atoms with Crippen molar-refractivity contribution in [3.8, 4) is 16.9 Å². The normalized spacial score (nSPS) is 18.1. The minimum absolute atomic E-state index is 0. The van der Waals surface area contributed by atoms with Gasteiger partial charge >= 0.3 is 6.18 Å². The van der Waals surface area contributed by atoms with Gasteiger partial charge < -0.3 is 10.2 Å². The summed E-state index contributed by atoms with van der Waals surface area (Å²) in [6.45, 7) is 0.359. The Morgan fingerprint density at radius 2 is 1.36 bits per heavy atom. The molecule has 0 unspecified atom stereocenters. The molecule has 0 atom stereocenters. The molecule has 2 nitrogen and oxygen atoms in total. The van der Waals surface area contributed by atoms with E-state index in [-0.39, 0.29) is 17.7 Å². The van der Waals surface area contributed by atoms with E-state index in [2.05, 4.69) is 11.7 Å². The molecule has 9 heteroatoms. The Labute approximate surface area is 189 Å². The number of halogens is 7. The molecule has 0 radical (unpaired) electrons. The highest BCUT2D eigenvalue weighted by Crippen LogP contribution is 2.32. The van der Waals surface area contributed by atoms with Crippen molar-refractivity contribution in [1.82, 2.24) is 0 Å². The topological polar surface area (TPSA) is 40.7 Å². The van der Waals surface area contributed by atoms with E-state index in [9.17, 15) is 30.7 Å². The molecule has 33 heavy (non-hydrogen) atoms. The molecule has 0 aromatic heterocycles. The summed E-state index contributed by atoms with van der Waals surface area (Å²) in [5.74, 6) is -2.49. The quantitative estimate of drug-likeness (QED) is 0.394. The number of ether oxygens (including phenoxy) is 1. The first-order valence-electron chi connectivity index (χ1n) is 10.6. The molecular weight excluding hydrogens is 453 g/mol. The summed E-state index contributed by atoms with van der Waals surface area (Å²) in [5.41, 5.74) is 0.376. The third-order valence-corrected chi connectivity index (χ3v) is 5.62. The summed E-state index contributed by atoms with van der Waals surface area (Å²) in [6.07, 6.45) is 2.69. The van der Waals surface area contributed by atoms with Crippen molar-refractivity contribution in [2.75, 3.05) is 13.3 Å². The van der Waals surface area contributed by atoms with E-state index in [1.807, 2.05) is 0 Å². The second-order valence-corrected chi connectivity index (χ2v) is 7.95. The number of benzene rings is 2. The molecule has 2 N–H and O–H groups in total. The van der Waals surface area contributed by atoms with Gasteiger partial charge in [0.25, 0.3) is 0 Å². The predicted octanol–water partition coefficient (Wildman–Crippen LogP) is 7.45. The SMILES string of the molecule is CCC1CCC(CCF)CC1.Fc1ccc(-c2cc(F)c(OCC(F)(F)F)c(F)c2)cc1.O. The maximum Gasteiger partial charge on any atom is 0.422 e. The van der Waals surface area contributed by atoms with Crippen LogP contribution in [0.15, 0.2) is 36.4 Å². The van der Waals surface area contributed by atoms with Gasteiger partial charge in [0.2, 0.25) is 0 Å². The van der Waals surface area contributed by atoms with Crippen molar-refractivity contribution in [2.24, 2.45) is 11.8 Å². The van der Waals surface area contributed by atoms with Crippen LogP contribution in [0.1, 0.15) is 45.4 Å². The molecule has 0 spiro atoms. The van der Waals surface area contributed by atoms with Crippen LogP contribution in [0.5, 0.6) is 5.75 Å². The van der Waals surface area contributed by atoms with Crippen LogP contribution in [0.2, 0.25) is 0 Å². The highest BCUT2D eigenvalue weighted by atomic mass is 19.4. The van der Waals surface area contributed by atoms with E-state index in [0.29, 0.717) is 11.5 Å². The molecular formula is C24H29F7O2. The molecule has 186 valence electrons. The molecule has 0 bridgehead atoms. The third-order valence-electron chi connectivity index (χ3n) is 5.62. The highest BCUT2D eigenvalue weighted by Gasteiger charge is 2.30. The van der Waals surface area contributed by atoms with Gasteiger partial charge in [-0.05, 0) is 53.6 Å². The molecule has 3 rings (SSSR count). The zero-order valence-electron chi connectivity index (χ0n) is 18.3. The van der Waals surface area contributed by atoms with Crippen molar-refractivity contribution in [3.63, 3.8) is 0 Å². The molecule has 1 fully saturated rings. The standard InChI is InChI=1S/C14H8F6O.C10H19F.H2O/c15-10-3-1-8(2-4-10)9-5-11(16)13(12(17)6-9)21-7-14(18,19)20;1-2-9-3-5-10(6-4-9)7-8-11;/h1-6H,7H2;9-10H,2-8H2,1H3;1H2. The Morgan fingerprint density at radius 1 is 0.848 bits per heavy atom. The smallest absolute Gasteiger partial charge is 0.422 e. The summed E-state index contributed by atoms with van der Waals surface area (Å²) in [4.78, 5) is 0. The first kappa shape index (κ1) is 28.7. The zero-order chi connectivity index (χ0) is 23.7. The molecule has 1 saturated carbocycles. The van der Waals surface area contributed by atoms with Gasteiger partial charge in [-0.15, -0.1) is 0 Å². The third kappa shape index (κ3) is 9.61. The Kier molecular flexibility index (Phi) is 11.7. The van der Waals surface area contributed by atoms with Crippen molar-refractivity contribution in [3.05, 3.63) is 53.8 Å². The maximum absolute atomic E-state index is 13.6. The minimum atomic E-state index is -4.70. The Morgan fingerprint density at radius 3 is 1.82 bits per heavy atom. The van der Waals surface area contributed by atoms with Crippen LogP contribution in [0.4, 0.5) is 30.7 Å². The molecule has 0 amide bonds. The van der Waals surface area contributed by atoms with E-state index < -0.39 is 36.0 Å². The molecule has 2 aromatic rings. The average Bonchev–Trinajstić information content (AvgIpc) is 2.74. The molecule has 0 aliphatic heterocycles. The Bertz CT molecular complexity index is 807. The van der Waals surface area contributed by atoms with Crippen LogP contribution in [-0.2, 0) is 0 Å². The van der Waals surface area contributed by atoms with Crippen molar-refractivity contribution in [1.29, 1.82) is 0 Å². The van der Waals surface area contributed by atoms with Gasteiger partial charge in [0.05, 0.1) is 6.67 Å². The predicted molar refractivity (Wildman–Crippen MR) is 113 cm³/mol. The van der Waals surface area contributed by atoms with Gasteiger partial charge in [0.15, 0.2) is 24.0 Å². The van der Waals surface area contributed by atoms with Crippen molar-refractivity contribution >= 4 is 0 Å². The lowest BCUT2D eigenvalue weighted by Gasteiger charge is -2.26. The molecule has 1 aliphatic rings. The zero-order valence-corrected chi connectivity index (χ0v) is 18.3. The Balaban J connectivity index is 0.000000385. The second kappa shape index (κ2) is 13.4. The van der Waals surface area contributed by atoms with Crippen molar-refractivity contribution in [2.45, 2.75) is 51.6 Å². The maximum atomic E-state index is 13.6. The van der Waals surface area contributed by atoms with Crippen LogP contribution in [0, 0.1) is 29.3 Å². The highest BCUT2D eigenvalue weighted by molar-refractivity contribution is 5.64. The van der Waals surface area contributed by atoms with Crippen LogP contribution in [-0.4, -0.2) is 24.9 Å². The molecule has 0 saturated heterocycles. The van der Waals surface area contributed by atoms with Crippen LogP contribution in [0.3, 0.4) is 0 Å². The fourth-order valence-electron chi connectivity index (χ4n) is 3.74. The molecule has 1 aliphatic carbocycles. The van der Waals surface area contributed by atoms with Gasteiger partial charge in [-0.2, -0.15) is 13.2 Å². The van der Waals surface area contributed by atoms with Crippen LogP contribution >= 0.6 is 0 Å². The fourth-order valence-corrected chi connectivity index (χ4v) is 3.74. The first-order valence-corrected chi connectivity index (χ1v) is 10.6. The van der Waals surface area contributed by atoms with E-state index in [1.54, 1.807) is 0 Å². The summed E-state index contributed by atoms with van der Waals surface area (Å²) in [5, 5.41) is 0. The van der Waals surface area contributed by atoms with Crippen LogP contribution < -0.4 is 4.74 Å². The second-order valence-electron chi connectivity index (χ2n) is 7.95. The lowest BCUT2D eigenvalue weighted by Crippen LogP contribution is -2.20. The van der Waals surface area contributed by atoms with Gasteiger partial charge in [-0.25, -0.2) is 13.2 Å². The Hall–Kier alpha value is -2.29. The number of hydrogen-bond acceptors (Lipinski definition) is 1. The first-order chi connectivity index (χ1) is 15.1. The lowest BCUT2D eigenvalue weighted by molar-refractivity contribution is -0.154. The largest absolute Gasteiger partial charge is 0.478 e. The monoisotopic (exact) mass is 482 g/mol. The summed E-state index contributed by atoms with van der Waals surface area (Å²) in [6, 6.07) is 6.42. The summed E-state index contributed by atoms with van der Waals surface area (Å²) >= 11 is 0. The summed E-state index contributed by atoms with van der Waals surface area (Å²) < 4.78 is 92.1.